The molecule has 1 aromatic carbocycles. The third-order valence-corrected chi connectivity index (χ3v) is 5.30. The van der Waals surface area contributed by atoms with Gasteiger partial charge in [0.1, 0.15) is 5.82 Å². The highest BCUT2D eigenvalue weighted by Gasteiger charge is 2.38. The van der Waals surface area contributed by atoms with Crippen LogP contribution in [0.2, 0.25) is 0 Å². The van der Waals surface area contributed by atoms with Gasteiger partial charge in [-0.05, 0) is 25.0 Å². The number of carboxylic acids is 1. The number of carbonyl (C=O) groups is 3. The summed E-state index contributed by atoms with van der Waals surface area (Å²) in [5.41, 5.74) is 0.172. The van der Waals surface area contributed by atoms with Crippen LogP contribution in [0, 0.1) is 17.7 Å². The van der Waals surface area contributed by atoms with E-state index >= 15 is 0 Å². The Kier molecular flexibility index (Phi) is 5.54. The van der Waals surface area contributed by atoms with Gasteiger partial charge in [0.15, 0.2) is 0 Å². The molecule has 140 valence electrons. The molecule has 2 N–H and O–H groups in total. The number of anilines is 1. The van der Waals surface area contributed by atoms with Crippen molar-refractivity contribution in [2.75, 3.05) is 11.4 Å². The van der Waals surface area contributed by atoms with Crippen LogP contribution in [0.1, 0.15) is 38.5 Å². The first-order chi connectivity index (χ1) is 12.5. The lowest BCUT2D eigenvalue weighted by atomic mass is 9.94. The van der Waals surface area contributed by atoms with E-state index in [-0.39, 0.29) is 30.5 Å². The van der Waals surface area contributed by atoms with Crippen LogP contribution < -0.4 is 10.2 Å². The minimum absolute atomic E-state index is 0.00459. The van der Waals surface area contributed by atoms with E-state index < -0.39 is 29.7 Å². The third kappa shape index (κ3) is 3.86. The number of halogens is 1. The summed E-state index contributed by atoms with van der Waals surface area (Å²) < 4.78 is 13.9. The molecule has 1 aliphatic carbocycles. The highest BCUT2D eigenvalue weighted by Crippen LogP contribution is 2.29. The molecule has 1 saturated heterocycles. The van der Waals surface area contributed by atoms with Crippen molar-refractivity contribution in [3.05, 3.63) is 30.1 Å². The Morgan fingerprint density at radius 1 is 1.15 bits per heavy atom. The van der Waals surface area contributed by atoms with Gasteiger partial charge in [-0.25, -0.2) is 4.39 Å². The molecule has 1 aromatic rings. The number of aliphatic carboxylic acids is 1. The van der Waals surface area contributed by atoms with E-state index in [1.165, 1.54) is 17.0 Å². The van der Waals surface area contributed by atoms with E-state index in [0.29, 0.717) is 12.8 Å². The largest absolute Gasteiger partial charge is 0.481 e. The van der Waals surface area contributed by atoms with Gasteiger partial charge in [-0.3, -0.25) is 14.4 Å². The Bertz CT molecular complexity index is 709. The monoisotopic (exact) mass is 362 g/mol. The summed E-state index contributed by atoms with van der Waals surface area (Å²) in [5.74, 6) is -3.22. The Morgan fingerprint density at radius 2 is 1.88 bits per heavy atom. The van der Waals surface area contributed by atoms with E-state index in [1.807, 2.05) is 0 Å². The van der Waals surface area contributed by atoms with Crippen molar-refractivity contribution in [1.82, 2.24) is 5.32 Å². The molecular weight excluding hydrogens is 339 g/mol. The first kappa shape index (κ1) is 18.4. The number of carbonyl (C=O) groups excluding carboxylic acids is 2. The maximum absolute atomic E-state index is 13.9. The Labute approximate surface area is 151 Å². The van der Waals surface area contributed by atoms with E-state index in [9.17, 15) is 23.9 Å². The second-order valence-corrected chi connectivity index (χ2v) is 7.05. The normalized spacial score (nSPS) is 26.4. The van der Waals surface area contributed by atoms with Crippen LogP contribution in [0.4, 0.5) is 10.1 Å². The average molecular weight is 362 g/mol. The second-order valence-electron chi connectivity index (χ2n) is 7.05. The molecule has 1 aliphatic heterocycles. The van der Waals surface area contributed by atoms with E-state index in [4.69, 9.17) is 0 Å². The zero-order valence-corrected chi connectivity index (χ0v) is 14.5. The van der Waals surface area contributed by atoms with Crippen LogP contribution in [-0.4, -0.2) is 35.5 Å². The third-order valence-electron chi connectivity index (χ3n) is 5.30. The number of nitrogens with zero attached hydrogens (tertiary/aromatic N) is 1. The van der Waals surface area contributed by atoms with Gasteiger partial charge in [-0.1, -0.05) is 31.4 Å². The van der Waals surface area contributed by atoms with Crippen molar-refractivity contribution in [2.24, 2.45) is 11.8 Å². The minimum Gasteiger partial charge on any atom is -0.481 e. The maximum Gasteiger partial charge on any atom is 0.308 e. The highest BCUT2D eigenvalue weighted by atomic mass is 19.1. The van der Waals surface area contributed by atoms with Gasteiger partial charge >= 0.3 is 5.97 Å². The van der Waals surface area contributed by atoms with Gasteiger partial charge in [0.2, 0.25) is 11.8 Å². The molecule has 2 fully saturated rings. The van der Waals surface area contributed by atoms with Gasteiger partial charge in [0.05, 0.1) is 17.5 Å². The van der Waals surface area contributed by atoms with Gasteiger partial charge in [-0.2, -0.15) is 0 Å². The molecule has 0 bridgehead atoms. The number of rotatable bonds is 4. The Balaban J connectivity index is 1.68. The molecule has 7 heteroatoms. The summed E-state index contributed by atoms with van der Waals surface area (Å²) in [6, 6.07) is 5.56. The van der Waals surface area contributed by atoms with Crippen molar-refractivity contribution in [2.45, 2.75) is 44.6 Å². The molecule has 3 rings (SSSR count). The van der Waals surface area contributed by atoms with Crippen LogP contribution in [-0.2, 0) is 14.4 Å². The predicted octanol–water partition coefficient (Wildman–Crippen LogP) is 2.33. The number of carboxylic acid groups (broad SMARTS) is 1. The topological polar surface area (TPSA) is 86.7 Å². The lowest BCUT2D eigenvalue weighted by molar-refractivity contribution is -0.143. The fourth-order valence-electron chi connectivity index (χ4n) is 3.86. The first-order valence-corrected chi connectivity index (χ1v) is 9.05. The zero-order chi connectivity index (χ0) is 18.7. The smallest absolute Gasteiger partial charge is 0.308 e. The number of para-hydroxylation sites is 1. The Morgan fingerprint density at radius 3 is 2.62 bits per heavy atom. The number of amides is 2. The maximum atomic E-state index is 13.9. The SMILES string of the molecule is O=C(N[C@H]1CCCCC[C@H]1C(=O)O)C1CC(=O)N(c2ccccc2F)C1. The van der Waals surface area contributed by atoms with Crippen LogP contribution in [0.5, 0.6) is 0 Å². The summed E-state index contributed by atoms with van der Waals surface area (Å²) >= 11 is 0. The van der Waals surface area contributed by atoms with Gasteiger partial charge in [0, 0.05) is 19.0 Å². The molecule has 0 spiro atoms. The molecule has 2 aliphatic rings. The van der Waals surface area contributed by atoms with E-state index in [0.717, 1.165) is 19.3 Å². The summed E-state index contributed by atoms with van der Waals surface area (Å²) in [6.45, 7) is 0.107. The molecule has 1 heterocycles. The average Bonchev–Trinajstić information content (AvgIpc) is 2.84. The summed E-state index contributed by atoms with van der Waals surface area (Å²) in [6.07, 6.45) is 3.85. The lowest BCUT2D eigenvalue weighted by Crippen LogP contribution is -2.45. The minimum atomic E-state index is -0.896. The summed E-state index contributed by atoms with van der Waals surface area (Å²) in [5, 5.41) is 12.3. The standard InChI is InChI=1S/C19H23FN2O4/c20-14-7-4-5-9-16(14)22-11-12(10-17(22)23)18(24)21-15-8-3-1-2-6-13(15)19(25)26/h4-5,7,9,12-13,15H,1-3,6,8,10-11H2,(H,21,24)(H,25,26)/t12?,13-,15+/m1/s1. The van der Waals surface area contributed by atoms with Crippen LogP contribution in [0.3, 0.4) is 0 Å². The molecule has 26 heavy (non-hydrogen) atoms. The van der Waals surface area contributed by atoms with Crippen molar-refractivity contribution in [1.29, 1.82) is 0 Å². The fourth-order valence-corrected chi connectivity index (χ4v) is 3.86. The van der Waals surface area contributed by atoms with Crippen LogP contribution >= 0.6 is 0 Å². The number of hydrogen-bond acceptors (Lipinski definition) is 3. The molecule has 3 atom stereocenters. The zero-order valence-electron chi connectivity index (χ0n) is 14.5. The number of benzene rings is 1. The molecular formula is C19H23FN2O4. The van der Waals surface area contributed by atoms with Crippen LogP contribution in [0.15, 0.2) is 24.3 Å². The van der Waals surface area contributed by atoms with Crippen molar-refractivity contribution >= 4 is 23.5 Å². The predicted molar refractivity (Wildman–Crippen MR) is 93.0 cm³/mol. The first-order valence-electron chi connectivity index (χ1n) is 9.05. The van der Waals surface area contributed by atoms with Gasteiger partial charge in [0.25, 0.3) is 0 Å². The molecule has 1 unspecified atom stereocenters. The van der Waals surface area contributed by atoms with Crippen molar-refractivity contribution in [3.63, 3.8) is 0 Å². The molecule has 6 nitrogen and oxygen atoms in total. The van der Waals surface area contributed by atoms with E-state index in [1.54, 1.807) is 12.1 Å². The fraction of sp³-hybridized carbons (Fsp3) is 0.526. The van der Waals surface area contributed by atoms with Gasteiger partial charge < -0.3 is 15.3 Å². The van der Waals surface area contributed by atoms with Crippen molar-refractivity contribution in [3.8, 4) is 0 Å². The number of nitrogens with one attached hydrogen (secondary N) is 1. The molecule has 1 saturated carbocycles. The second kappa shape index (κ2) is 7.85. The lowest BCUT2D eigenvalue weighted by Gasteiger charge is -2.24. The summed E-state index contributed by atoms with van der Waals surface area (Å²) in [7, 11) is 0. The molecule has 0 aromatic heterocycles. The molecule has 0 radical (unpaired) electrons. The summed E-state index contributed by atoms with van der Waals surface area (Å²) in [4.78, 5) is 37.7. The van der Waals surface area contributed by atoms with Gasteiger partial charge in [-0.15, -0.1) is 0 Å². The van der Waals surface area contributed by atoms with Crippen LogP contribution in [0.25, 0.3) is 0 Å². The quantitative estimate of drug-likeness (QED) is 0.805. The number of hydrogen-bond donors (Lipinski definition) is 2. The van der Waals surface area contributed by atoms with E-state index in [2.05, 4.69) is 5.32 Å². The highest BCUT2D eigenvalue weighted by molar-refractivity contribution is 6.00. The van der Waals surface area contributed by atoms with Crippen molar-refractivity contribution < 1.29 is 23.9 Å². The Hall–Kier alpha value is -2.44. The molecule has 2 amide bonds.